The van der Waals surface area contributed by atoms with Crippen molar-refractivity contribution in [3.8, 4) is 0 Å². The van der Waals surface area contributed by atoms with Crippen LogP contribution < -0.4 is 5.32 Å². The summed E-state index contributed by atoms with van der Waals surface area (Å²) in [5.74, 6) is -0.0494. The first-order valence-corrected chi connectivity index (χ1v) is 13.5. The van der Waals surface area contributed by atoms with Crippen LogP contribution in [0.15, 0.2) is 29.2 Å². The lowest BCUT2D eigenvalue weighted by Crippen LogP contribution is -2.41. The molecule has 2 amide bonds. The number of esters is 1. The molecule has 1 aromatic rings. The minimum Gasteiger partial charge on any atom is -0.455 e. The molecule has 0 radical (unpaired) electrons. The van der Waals surface area contributed by atoms with E-state index in [4.69, 9.17) is 4.74 Å². The van der Waals surface area contributed by atoms with Gasteiger partial charge in [0, 0.05) is 50.2 Å². The molecular formula is C27H41N3O4S. The Labute approximate surface area is 214 Å². The lowest BCUT2D eigenvalue weighted by Gasteiger charge is -2.33. The number of nitrogens with zero attached hydrogens (tertiary/aromatic N) is 2. The third kappa shape index (κ3) is 8.30. The number of thiazole rings is 1. The molecule has 1 fully saturated rings. The van der Waals surface area contributed by atoms with E-state index in [1.54, 1.807) is 10.3 Å². The highest BCUT2D eigenvalue weighted by atomic mass is 32.1. The van der Waals surface area contributed by atoms with Gasteiger partial charge in [-0.05, 0) is 38.2 Å². The van der Waals surface area contributed by atoms with E-state index in [0.717, 1.165) is 19.3 Å². The van der Waals surface area contributed by atoms with E-state index < -0.39 is 12.1 Å². The van der Waals surface area contributed by atoms with Crippen molar-refractivity contribution in [1.29, 1.82) is 0 Å². The lowest BCUT2D eigenvalue weighted by atomic mass is 9.96. The number of amides is 2. The number of nitrogens with one attached hydrogen (secondary N) is 1. The minimum atomic E-state index is -0.620. The van der Waals surface area contributed by atoms with Crippen molar-refractivity contribution in [1.82, 2.24) is 15.2 Å². The molecule has 2 unspecified atom stereocenters. The van der Waals surface area contributed by atoms with Crippen LogP contribution in [0.3, 0.4) is 0 Å². The zero-order chi connectivity index (χ0) is 26.1. The van der Waals surface area contributed by atoms with Crippen LogP contribution in [0.4, 0.5) is 0 Å². The average Bonchev–Trinajstić information content (AvgIpc) is 3.37. The van der Waals surface area contributed by atoms with Crippen molar-refractivity contribution in [2.24, 2.45) is 11.8 Å². The zero-order valence-electron chi connectivity index (χ0n) is 22.2. The van der Waals surface area contributed by atoms with Crippen molar-refractivity contribution in [2.75, 3.05) is 7.05 Å². The van der Waals surface area contributed by atoms with Crippen LogP contribution in [0.25, 0.3) is 0 Å². The first kappa shape index (κ1) is 28.8. The quantitative estimate of drug-likeness (QED) is 0.286. The normalized spacial score (nSPS) is 19.5. The molecule has 1 aromatic heterocycles. The molecular weight excluding hydrogens is 462 g/mol. The number of unbranched alkanes of at least 4 members (excludes halogenated alkanes) is 1. The van der Waals surface area contributed by atoms with Gasteiger partial charge in [-0.1, -0.05) is 45.4 Å². The molecule has 1 saturated carbocycles. The highest BCUT2D eigenvalue weighted by molar-refractivity contribution is 7.09. The standard InChI is InChI=1S/C27H41N3O4S/c1-8-11-13-25(32)30(7)23(17(4)5)15-24(34-18(6)31)27-29-22(16-35-27)26(33)28-21-14-20(21)19(10-3)12-9-2/h9-10,12,16-17,20-21,23-24H,8,11,13-15H2,1-7H3,(H,28,33)/b12-9-,19-10+/t20?,21?,23-,24-/m1/s1. The zero-order valence-corrected chi connectivity index (χ0v) is 23.0. The molecule has 1 N–H and O–H groups in total. The van der Waals surface area contributed by atoms with Crippen LogP contribution in [0, 0.1) is 11.8 Å². The molecule has 1 aliphatic rings. The van der Waals surface area contributed by atoms with E-state index in [9.17, 15) is 14.4 Å². The second-order valence-corrected chi connectivity index (χ2v) is 10.4. The first-order chi connectivity index (χ1) is 16.6. The smallest absolute Gasteiger partial charge is 0.303 e. The van der Waals surface area contributed by atoms with E-state index >= 15 is 0 Å². The molecule has 1 aliphatic carbocycles. The Balaban J connectivity index is 2.12. The molecule has 0 saturated heterocycles. The summed E-state index contributed by atoms with van der Waals surface area (Å²) >= 11 is 1.31. The predicted octanol–water partition coefficient (Wildman–Crippen LogP) is 5.45. The molecule has 0 aliphatic heterocycles. The Morgan fingerprint density at radius 1 is 1.31 bits per heavy atom. The van der Waals surface area contributed by atoms with Gasteiger partial charge in [0.05, 0.1) is 0 Å². The van der Waals surface area contributed by atoms with E-state index in [2.05, 4.69) is 43.2 Å². The molecule has 194 valence electrons. The topological polar surface area (TPSA) is 88.6 Å². The van der Waals surface area contributed by atoms with Crippen LogP contribution >= 0.6 is 11.3 Å². The molecule has 0 spiro atoms. The maximum absolute atomic E-state index is 12.8. The van der Waals surface area contributed by atoms with Crippen molar-refractivity contribution in [3.05, 3.63) is 39.9 Å². The summed E-state index contributed by atoms with van der Waals surface area (Å²) in [7, 11) is 1.81. The van der Waals surface area contributed by atoms with Crippen molar-refractivity contribution in [3.63, 3.8) is 0 Å². The second kappa shape index (κ2) is 13.6. The molecule has 1 heterocycles. The summed E-state index contributed by atoms with van der Waals surface area (Å²) in [4.78, 5) is 43.7. The summed E-state index contributed by atoms with van der Waals surface area (Å²) in [6, 6.07) is -0.0182. The lowest BCUT2D eigenvalue weighted by molar-refractivity contribution is -0.148. The molecule has 2 rings (SSSR count). The van der Waals surface area contributed by atoms with Gasteiger partial charge in [0.1, 0.15) is 10.7 Å². The Morgan fingerprint density at radius 3 is 2.60 bits per heavy atom. The third-order valence-corrected chi connectivity index (χ3v) is 7.36. The summed E-state index contributed by atoms with van der Waals surface area (Å²) in [6.07, 6.45) is 9.20. The van der Waals surface area contributed by atoms with E-state index in [1.165, 1.54) is 23.8 Å². The molecule has 35 heavy (non-hydrogen) atoms. The number of carbonyl (C=O) groups excluding carboxylic acids is 3. The number of allylic oxidation sites excluding steroid dienone is 3. The van der Waals surface area contributed by atoms with Crippen molar-refractivity contribution in [2.45, 2.75) is 91.8 Å². The highest BCUT2D eigenvalue weighted by Crippen LogP contribution is 2.38. The molecule has 7 nitrogen and oxygen atoms in total. The van der Waals surface area contributed by atoms with Gasteiger partial charge in [0.15, 0.2) is 6.10 Å². The van der Waals surface area contributed by atoms with E-state index in [1.807, 2.05) is 27.0 Å². The van der Waals surface area contributed by atoms with E-state index in [-0.39, 0.29) is 29.8 Å². The van der Waals surface area contributed by atoms with Gasteiger partial charge in [-0.2, -0.15) is 0 Å². The van der Waals surface area contributed by atoms with Crippen molar-refractivity contribution < 1.29 is 19.1 Å². The third-order valence-electron chi connectivity index (χ3n) is 6.43. The summed E-state index contributed by atoms with van der Waals surface area (Å²) in [6.45, 7) is 11.5. The molecule has 0 aromatic carbocycles. The largest absolute Gasteiger partial charge is 0.455 e. The summed E-state index contributed by atoms with van der Waals surface area (Å²) in [5, 5.41) is 5.35. The van der Waals surface area contributed by atoms with Gasteiger partial charge >= 0.3 is 5.97 Å². The molecule has 4 atom stereocenters. The monoisotopic (exact) mass is 503 g/mol. The van der Waals surface area contributed by atoms with Gasteiger partial charge in [-0.15, -0.1) is 11.3 Å². The average molecular weight is 504 g/mol. The Morgan fingerprint density at radius 2 is 2.03 bits per heavy atom. The van der Waals surface area contributed by atoms with Crippen LogP contribution in [-0.4, -0.2) is 46.8 Å². The number of rotatable bonds is 13. The first-order valence-electron chi connectivity index (χ1n) is 12.6. The number of hydrogen-bond donors (Lipinski definition) is 1. The maximum Gasteiger partial charge on any atom is 0.303 e. The Bertz CT molecular complexity index is 937. The Hall–Kier alpha value is -2.48. The number of carbonyl (C=O) groups is 3. The fraction of sp³-hybridized carbons (Fsp3) is 0.630. The highest BCUT2D eigenvalue weighted by Gasteiger charge is 2.40. The summed E-state index contributed by atoms with van der Waals surface area (Å²) < 4.78 is 5.63. The van der Waals surface area contributed by atoms with Crippen LogP contribution in [0.2, 0.25) is 0 Å². The van der Waals surface area contributed by atoms with Gasteiger partial charge in [-0.25, -0.2) is 4.98 Å². The van der Waals surface area contributed by atoms with Crippen LogP contribution in [-0.2, 0) is 14.3 Å². The van der Waals surface area contributed by atoms with Gasteiger partial charge in [0.25, 0.3) is 5.91 Å². The van der Waals surface area contributed by atoms with Gasteiger partial charge in [-0.3, -0.25) is 14.4 Å². The number of ether oxygens (including phenoxy) is 1. The van der Waals surface area contributed by atoms with Crippen molar-refractivity contribution >= 4 is 29.1 Å². The molecule has 8 heteroatoms. The maximum atomic E-state index is 12.8. The molecule has 0 bridgehead atoms. The van der Waals surface area contributed by atoms with Gasteiger partial charge in [0.2, 0.25) is 5.91 Å². The summed E-state index contributed by atoms with van der Waals surface area (Å²) in [5.41, 5.74) is 1.55. The fourth-order valence-corrected chi connectivity index (χ4v) is 5.16. The van der Waals surface area contributed by atoms with Crippen LogP contribution in [0.1, 0.15) is 95.2 Å². The fourth-order valence-electron chi connectivity index (χ4n) is 4.32. The SMILES string of the molecule is C/C=C\C(=C/C)C1CC1NC(=O)c1csc([C@@H](C[C@H](C(C)C)N(C)C(=O)CCCC)OC(C)=O)n1. The predicted molar refractivity (Wildman–Crippen MR) is 140 cm³/mol. The Kier molecular flexibility index (Phi) is 11.1. The van der Waals surface area contributed by atoms with E-state index in [0.29, 0.717) is 29.5 Å². The van der Waals surface area contributed by atoms with Gasteiger partial charge < -0.3 is 15.0 Å². The minimum absolute atomic E-state index is 0.0868. The number of aromatic nitrogens is 1. The van der Waals surface area contributed by atoms with Crippen LogP contribution in [0.5, 0.6) is 0 Å². The second-order valence-electron chi connectivity index (χ2n) is 9.54. The number of hydrogen-bond acceptors (Lipinski definition) is 6.